The second-order valence-electron chi connectivity index (χ2n) is 8.37. The molecule has 1 amide bonds. The smallest absolute Gasteiger partial charge is 0.415 e. The van der Waals surface area contributed by atoms with E-state index < -0.39 is 0 Å². The standard InChI is InChI=1S/C23H29N2O2/c1-18-8-6-7-11-21(18)24(16-19-9-4-3-5-10-19)23(26)27-22-17-25(2)14-12-20(22)13-15-25/h3-11,20,22H,12-17H2,1-2H3/q+1/t20?,22-,25?/m0/s1. The molecule has 2 aromatic rings. The van der Waals surface area contributed by atoms with Crippen LogP contribution in [0.5, 0.6) is 0 Å². The molecule has 0 unspecified atom stereocenters. The van der Waals surface area contributed by atoms with Crippen LogP contribution in [-0.4, -0.2) is 43.4 Å². The summed E-state index contributed by atoms with van der Waals surface area (Å²) >= 11 is 0. The number of rotatable bonds is 4. The highest BCUT2D eigenvalue weighted by Gasteiger charge is 2.45. The van der Waals surface area contributed by atoms with Crippen molar-refractivity contribution >= 4 is 11.8 Å². The van der Waals surface area contributed by atoms with Gasteiger partial charge >= 0.3 is 6.09 Å². The van der Waals surface area contributed by atoms with Crippen LogP contribution in [0.25, 0.3) is 0 Å². The fraction of sp³-hybridized carbons (Fsp3) is 0.435. The number of amides is 1. The molecule has 2 aromatic carbocycles. The Morgan fingerprint density at radius 2 is 1.74 bits per heavy atom. The van der Waals surface area contributed by atoms with E-state index in [1.165, 1.54) is 13.1 Å². The number of piperidine rings is 3. The molecule has 0 spiro atoms. The molecule has 0 aliphatic carbocycles. The van der Waals surface area contributed by atoms with E-state index in [2.05, 4.69) is 19.2 Å². The van der Waals surface area contributed by atoms with E-state index in [9.17, 15) is 4.79 Å². The van der Waals surface area contributed by atoms with Gasteiger partial charge < -0.3 is 9.22 Å². The average Bonchev–Trinajstić information content (AvgIpc) is 2.68. The molecule has 5 rings (SSSR count). The Morgan fingerprint density at radius 1 is 1.07 bits per heavy atom. The first-order valence-electron chi connectivity index (χ1n) is 9.95. The van der Waals surface area contributed by atoms with Crippen LogP contribution in [-0.2, 0) is 11.3 Å². The van der Waals surface area contributed by atoms with Gasteiger partial charge in [0.05, 0.1) is 32.4 Å². The van der Waals surface area contributed by atoms with Crippen LogP contribution >= 0.6 is 0 Å². The summed E-state index contributed by atoms with van der Waals surface area (Å²) in [5.41, 5.74) is 3.11. The monoisotopic (exact) mass is 365 g/mol. The Bertz CT molecular complexity index is 797. The summed E-state index contributed by atoms with van der Waals surface area (Å²) in [6, 6.07) is 18.2. The molecule has 2 bridgehead atoms. The first kappa shape index (κ1) is 18.1. The van der Waals surface area contributed by atoms with Gasteiger partial charge in [0.15, 0.2) is 6.10 Å². The molecule has 0 aromatic heterocycles. The number of ether oxygens (including phenoxy) is 1. The summed E-state index contributed by atoms with van der Waals surface area (Å²) < 4.78 is 7.14. The van der Waals surface area contributed by atoms with Crippen molar-refractivity contribution in [3.05, 3.63) is 65.7 Å². The zero-order valence-corrected chi connectivity index (χ0v) is 16.3. The molecule has 4 heteroatoms. The second kappa shape index (κ2) is 7.35. The Morgan fingerprint density at radius 3 is 2.41 bits per heavy atom. The van der Waals surface area contributed by atoms with Crippen molar-refractivity contribution in [2.75, 3.05) is 31.6 Å². The van der Waals surface area contributed by atoms with E-state index >= 15 is 0 Å². The molecule has 0 N–H and O–H groups in total. The van der Waals surface area contributed by atoms with Crippen LogP contribution in [0, 0.1) is 12.8 Å². The molecule has 0 radical (unpaired) electrons. The molecule has 0 saturated carbocycles. The predicted molar refractivity (Wildman–Crippen MR) is 108 cm³/mol. The average molecular weight is 365 g/mol. The molecular weight excluding hydrogens is 336 g/mol. The molecule has 3 heterocycles. The summed E-state index contributed by atoms with van der Waals surface area (Å²) in [5.74, 6) is 0.518. The Labute approximate surface area is 161 Å². The number of likely N-dealkylation sites (N-methyl/N-ethyl adjacent to an activating group) is 1. The third-order valence-electron chi connectivity index (χ3n) is 6.29. The quantitative estimate of drug-likeness (QED) is 0.753. The van der Waals surface area contributed by atoms with Gasteiger partial charge in [-0.3, -0.25) is 4.90 Å². The van der Waals surface area contributed by atoms with E-state index in [0.717, 1.165) is 40.7 Å². The first-order chi connectivity index (χ1) is 13.0. The maximum absolute atomic E-state index is 13.2. The number of hydrogen-bond acceptors (Lipinski definition) is 2. The molecule has 3 fully saturated rings. The van der Waals surface area contributed by atoms with Gasteiger partial charge in [0, 0.05) is 18.8 Å². The highest BCUT2D eigenvalue weighted by molar-refractivity contribution is 5.88. The number of hydrogen-bond donors (Lipinski definition) is 0. The van der Waals surface area contributed by atoms with Crippen LogP contribution in [0.2, 0.25) is 0 Å². The van der Waals surface area contributed by atoms with Crippen LogP contribution in [0.3, 0.4) is 0 Å². The Kier molecular flexibility index (Phi) is 4.92. The summed E-state index contributed by atoms with van der Waals surface area (Å²) in [4.78, 5) is 15.0. The fourth-order valence-electron chi connectivity index (χ4n) is 4.56. The first-order valence-corrected chi connectivity index (χ1v) is 9.95. The van der Waals surface area contributed by atoms with Gasteiger partial charge in [-0.15, -0.1) is 0 Å². The minimum atomic E-state index is -0.224. The fourth-order valence-corrected chi connectivity index (χ4v) is 4.56. The highest BCUT2D eigenvalue weighted by atomic mass is 16.6. The number of anilines is 1. The zero-order chi connectivity index (χ0) is 18.9. The highest BCUT2D eigenvalue weighted by Crippen LogP contribution is 2.35. The lowest BCUT2D eigenvalue weighted by Crippen LogP contribution is -2.62. The third-order valence-corrected chi connectivity index (χ3v) is 6.29. The van der Waals surface area contributed by atoms with Crippen LogP contribution in [0.1, 0.15) is 24.0 Å². The van der Waals surface area contributed by atoms with Crippen LogP contribution in [0.15, 0.2) is 54.6 Å². The number of fused-ring (bicyclic) bond motifs is 3. The Balaban J connectivity index is 1.56. The second-order valence-corrected chi connectivity index (χ2v) is 8.37. The number of carbonyl (C=O) groups excluding carboxylic acids is 1. The SMILES string of the molecule is Cc1ccccc1N(Cc1ccccc1)C(=O)O[C@H]1C[N+]2(C)CCC1CC2. The minimum absolute atomic E-state index is 0.0345. The molecule has 3 aliphatic rings. The molecular formula is C23H29N2O2+. The lowest BCUT2D eigenvalue weighted by molar-refractivity contribution is -0.928. The summed E-state index contributed by atoms with van der Waals surface area (Å²) in [6.07, 6.45) is 2.14. The van der Waals surface area contributed by atoms with Crippen molar-refractivity contribution in [2.24, 2.45) is 5.92 Å². The largest absolute Gasteiger partial charge is 0.440 e. The van der Waals surface area contributed by atoms with Gasteiger partial charge in [0.1, 0.15) is 6.54 Å². The van der Waals surface area contributed by atoms with E-state index in [0.29, 0.717) is 12.5 Å². The van der Waals surface area contributed by atoms with Crippen molar-refractivity contribution in [1.82, 2.24) is 0 Å². The summed E-state index contributed by atoms with van der Waals surface area (Å²) in [6.45, 7) is 5.94. The number of para-hydroxylation sites is 1. The van der Waals surface area contributed by atoms with Crippen molar-refractivity contribution < 1.29 is 14.0 Å². The van der Waals surface area contributed by atoms with Gasteiger partial charge in [-0.25, -0.2) is 4.79 Å². The molecule has 3 saturated heterocycles. The van der Waals surface area contributed by atoms with Gasteiger partial charge in [0.2, 0.25) is 0 Å². The minimum Gasteiger partial charge on any atom is -0.440 e. The maximum Gasteiger partial charge on any atom is 0.415 e. The number of benzene rings is 2. The van der Waals surface area contributed by atoms with Gasteiger partial charge in [-0.2, -0.15) is 0 Å². The van der Waals surface area contributed by atoms with Crippen molar-refractivity contribution in [2.45, 2.75) is 32.4 Å². The number of carbonyl (C=O) groups is 1. The van der Waals surface area contributed by atoms with Gasteiger partial charge in [-0.05, 0) is 24.1 Å². The normalized spacial score (nSPS) is 26.6. The van der Waals surface area contributed by atoms with Crippen LogP contribution in [0.4, 0.5) is 10.5 Å². The number of nitrogens with zero attached hydrogens (tertiary/aromatic N) is 2. The van der Waals surface area contributed by atoms with E-state index in [4.69, 9.17) is 4.74 Å². The van der Waals surface area contributed by atoms with Crippen molar-refractivity contribution in [3.8, 4) is 0 Å². The molecule has 4 nitrogen and oxygen atoms in total. The number of quaternary nitrogens is 1. The molecule has 142 valence electrons. The molecule has 1 atom stereocenters. The lowest BCUT2D eigenvalue weighted by Gasteiger charge is -2.49. The maximum atomic E-state index is 13.2. The van der Waals surface area contributed by atoms with Gasteiger partial charge in [0.25, 0.3) is 0 Å². The van der Waals surface area contributed by atoms with Crippen molar-refractivity contribution in [3.63, 3.8) is 0 Å². The van der Waals surface area contributed by atoms with E-state index in [-0.39, 0.29) is 12.2 Å². The predicted octanol–water partition coefficient (Wildman–Crippen LogP) is 4.38. The van der Waals surface area contributed by atoms with Crippen LogP contribution < -0.4 is 4.90 Å². The van der Waals surface area contributed by atoms with E-state index in [1.54, 1.807) is 4.90 Å². The molecule has 3 aliphatic heterocycles. The summed E-state index contributed by atoms with van der Waals surface area (Å²) in [5, 5.41) is 0. The van der Waals surface area contributed by atoms with E-state index in [1.807, 2.05) is 49.4 Å². The zero-order valence-electron chi connectivity index (χ0n) is 16.3. The third kappa shape index (κ3) is 3.86. The number of aryl methyl sites for hydroxylation is 1. The summed E-state index contributed by atoms with van der Waals surface area (Å²) in [7, 11) is 2.29. The topological polar surface area (TPSA) is 29.5 Å². The van der Waals surface area contributed by atoms with Crippen molar-refractivity contribution in [1.29, 1.82) is 0 Å². The lowest BCUT2D eigenvalue weighted by atomic mass is 9.84. The van der Waals surface area contributed by atoms with Gasteiger partial charge in [-0.1, -0.05) is 48.5 Å². The Hall–Kier alpha value is -2.33. The molecule has 27 heavy (non-hydrogen) atoms.